The van der Waals surface area contributed by atoms with Crippen molar-refractivity contribution in [3.05, 3.63) is 36.2 Å². The van der Waals surface area contributed by atoms with Gasteiger partial charge in [0, 0.05) is 29.1 Å². The number of carbonyl (C=O) groups is 1. The minimum Gasteiger partial charge on any atom is -0.493 e. The summed E-state index contributed by atoms with van der Waals surface area (Å²) in [7, 11) is 1.51. The lowest BCUT2D eigenvalue weighted by atomic mass is 10.0. The Labute approximate surface area is 117 Å². The van der Waals surface area contributed by atoms with Gasteiger partial charge in [-0.15, -0.1) is 0 Å². The highest BCUT2D eigenvalue weighted by Crippen LogP contribution is 2.31. The zero-order valence-corrected chi connectivity index (χ0v) is 11.7. The first-order valence-electron chi connectivity index (χ1n) is 6.30. The van der Waals surface area contributed by atoms with Gasteiger partial charge >= 0.3 is 6.01 Å². The van der Waals surface area contributed by atoms with Crippen LogP contribution in [0.25, 0.3) is 11.1 Å². The van der Waals surface area contributed by atoms with Crippen molar-refractivity contribution in [2.75, 3.05) is 13.7 Å². The molecule has 20 heavy (non-hydrogen) atoms. The quantitative estimate of drug-likeness (QED) is 0.783. The number of aromatic nitrogens is 2. The Bertz CT molecular complexity index is 609. The second kappa shape index (κ2) is 6.14. The van der Waals surface area contributed by atoms with E-state index >= 15 is 0 Å². The van der Waals surface area contributed by atoms with Gasteiger partial charge in [0.1, 0.15) is 5.75 Å². The molecule has 1 aromatic carbocycles. The van der Waals surface area contributed by atoms with Crippen LogP contribution in [-0.4, -0.2) is 29.5 Å². The maximum Gasteiger partial charge on any atom is 0.316 e. The molecule has 2 aromatic rings. The van der Waals surface area contributed by atoms with Gasteiger partial charge in [-0.25, -0.2) is 9.97 Å². The number of methoxy groups -OCH3 is 1. The van der Waals surface area contributed by atoms with Gasteiger partial charge in [0.15, 0.2) is 5.78 Å². The van der Waals surface area contributed by atoms with E-state index in [4.69, 9.17) is 9.47 Å². The molecule has 1 heterocycles. The molecule has 0 saturated carbocycles. The molecule has 0 unspecified atom stereocenters. The third-order valence-electron chi connectivity index (χ3n) is 2.81. The van der Waals surface area contributed by atoms with Crippen LogP contribution in [0.15, 0.2) is 30.6 Å². The van der Waals surface area contributed by atoms with Crippen LogP contribution in [-0.2, 0) is 0 Å². The fraction of sp³-hybridized carbons (Fsp3) is 0.267. The predicted octanol–water partition coefficient (Wildman–Crippen LogP) is 2.75. The van der Waals surface area contributed by atoms with Gasteiger partial charge < -0.3 is 9.47 Å². The van der Waals surface area contributed by atoms with Gasteiger partial charge in [0.2, 0.25) is 0 Å². The molecule has 0 aliphatic carbocycles. The summed E-state index contributed by atoms with van der Waals surface area (Å²) in [6, 6.07) is 5.63. The van der Waals surface area contributed by atoms with E-state index < -0.39 is 0 Å². The number of carbonyl (C=O) groups excluding carboxylic acids is 1. The maximum absolute atomic E-state index is 11.5. The Morgan fingerprint density at radius 2 is 1.95 bits per heavy atom. The molecule has 0 spiro atoms. The van der Waals surface area contributed by atoms with Crippen molar-refractivity contribution in [1.82, 2.24) is 9.97 Å². The van der Waals surface area contributed by atoms with E-state index in [1.165, 1.54) is 14.0 Å². The van der Waals surface area contributed by atoms with Crippen LogP contribution < -0.4 is 9.47 Å². The van der Waals surface area contributed by atoms with Crippen LogP contribution in [0.5, 0.6) is 11.8 Å². The highest BCUT2D eigenvalue weighted by Gasteiger charge is 2.11. The average molecular weight is 272 g/mol. The summed E-state index contributed by atoms with van der Waals surface area (Å²) in [6.07, 6.45) is 3.29. The van der Waals surface area contributed by atoms with E-state index in [0.29, 0.717) is 23.9 Å². The SMILES string of the molecule is CCOc1ccc(C(C)=O)cc1-c1cnc(OC)nc1. The largest absolute Gasteiger partial charge is 0.493 e. The molecule has 0 fully saturated rings. The van der Waals surface area contributed by atoms with Crippen molar-refractivity contribution in [1.29, 1.82) is 0 Å². The number of hydrogen-bond acceptors (Lipinski definition) is 5. The number of ether oxygens (including phenoxy) is 2. The molecule has 0 saturated heterocycles. The van der Waals surface area contributed by atoms with E-state index in [1.807, 2.05) is 6.92 Å². The highest BCUT2D eigenvalue weighted by atomic mass is 16.5. The second-order valence-electron chi connectivity index (χ2n) is 4.16. The molecule has 104 valence electrons. The van der Waals surface area contributed by atoms with Crippen LogP contribution in [0.1, 0.15) is 24.2 Å². The number of benzene rings is 1. The van der Waals surface area contributed by atoms with E-state index in [-0.39, 0.29) is 5.78 Å². The van der Waals surface area contributed by atoms with Crippen LogP contribution >= 0.6 is 0 Å². The lowest BCUT2D eigenvalue weighted by molar-refractivity contribution is 0.101. The van der Waals surface area contributed by atoms with Crippen molar-refractivity contribution >= 4 is 5.78 Å². The molecule has 0 atom stereocenters. The van der Waals surface area contributed by atoms with Gasteiger partial charge in [-0.05, 0) is 32.0 Å². The fourth-order valence-electron chi connectivity index (χ4n) is 1.82. The summed E-state index contributed by atoms with van der Waals surface area (Å²) in [5.41, 5.74) is 2.19. The Hall–Kier alpha value is -2.43. The average Bonchev–Trinajstić information content (AvgIpc) is 2.48. The Balaban J connectivity index is 2.49. The van der Waals surface area contributed by atoms with Gasteiger partial charge in [-0.2, -0.15) is 0 Å². The van der Waals surface area contributed by atoms with E-state index in [9.17, 15) is 4.79 Å². The van der Waals surface area contributed by atoms with Gasteiger partial charge in [0.05, 0.1) is 13.7 Å². The lowest BCUT2D eigenvalue weighted by Crippen LogP contribution is -1.99. The van der Waals surface area contributed by atoms with Crippen molar-refractivity contribution < 1.29 is 14.3 Å². The lowest BCUT2D eigenvalue weighted by Gasteiger charge is -2.11. The number of hydrogen-bond donors (Lipinski definition) is 0. The van der Waals surface area contributed by atoms with Crippen molar-refractivity contribution in [3.63, 3.8) is 0 Å². The predicted molar refractivity (Wildman–Crippen MR) is 75.2 cm³/mol. The summed E-state index contributed by atoms with van der Waals surface area (Å²) in [5, 5.41) is 0. The van der Waals surface area contributed by atoms with Crippen molar-refractivity contribution in [3.8, 4) is 22.9 Å². The van der Waals surface area contributed by atoms with Crippen LogP contribution in [0, 0.1) is 0 Å². The van der Waals surface area contributed by atoms with Crippen LogP contribution in [0.4, 0.5) is 0 Å². The smallest absolute Gasteiger partial charge is 0.316 e. The first-order valence-corrected chi connectivity index (χ1v) is 6.30. The summed E-state index contributed by atoms with van der Waals surface area (Å²) < 4.78 is 10.5. The van der Waals surface area contributed by atoms with E-state index in [0.717, 1.165) is 11.1 Å². The molecule has 2 rings (SSSR count). The Morgan fingerprint density at radius 3 is 2.50 bits per heavy atom. The second-order valence-corrected chi connectivity index (χ2v) is 4.16. The zero-order valence-electron chi connectivity index (χ0n) is 11.7. The minimum absolute atomic E-state index is 0.00345. The highest BCUT2D eigenvalue weighted by molar-refractivity contribution is 5.95. The topological polar surface area (TPSA) is 61.3 Å². The van der Waals surface area contributed by atoms with Gasteiger partial charge in [-0.1, -0.05) is 0 Å². The maximum atomic E-state index is 11.5. The summed E-state index contributed by atoms with van der Waals surface area (Å²) in [4.78, 5) is 19.7. The molecular formula is C15H16N2O3. The summed E-state index contributed by atoms with van der Waals surface area (Å²) in [6.45, 7) is 3.99. The Kier molecular flexibility index (Phi) is 4.30. The number of ketones is 1. The van der Waals surface area contributed by atoms with Crippen LogP contribution in [0.2, 0.25) is 0 Å². The minimum atomic E-state index is 0.00345. The summed E-state index contributed by atoms with van der Waals surface area (Å²) in [5.74, 6) is 0.704. The van der Waals surface area contributed by atoms with E-state index in [2.05, 4.69) is 9.97 Å². The third-order valence-corrected chi connectivity index (χ3v) is 2.81. The molecule has 0 amide bonds. The third kappa shape index (κ3) is 2.93. The van der Waals surface area contributed by atoms with E-state index in [1.54, 1.807) is 30.6 Å². The first kappa shape index (κ1) is 14.0. The van der Waals surface area contributed by atoms with Crippen molar-refractivity contribution in [2.24, 2.45) is 0 Å². The molecule has 5 heteroatoms. The standard InChI is InChI=1S/C15H16N2O3/c1-4-20-14-6-5-11(10(2)18)7-13(14)12-8-16-15(19-3)17-9-12/h5-9H,4H2,1-3H3. The Morgan fingerprint density at radius 1 is 1.25 bits per heavy atom. The number of Topliss-reactive ketones (excluding diaryl/α,β-unsaturated/α-hetero) is 1. The molecule has 0 N–H and O–H groups in total. The normalized spacial score (nSPS) is 10.2. The summed E-state index contributed by atoms with van der Waals surface area (Å²) >= 11 is 0. The molecular weight excluding hydrogens is 256 g/mol. The molecule has 0 aliphatic heterocycles. The molecule has 1 aromatic heterocycles. The van der Waals surface area contributed by atoms with Gasteiger partial charge in [-0.3, -0.25) is 4.79 Å². The molecule has 5 nitrogen and oxygen atoms in total. The number of nitrogens with zero attached hydrogens (tertiary/aromatic N) is 2. The monoisotopic (exact) mass is 272 g/mol. The number of rotatable bonds is 5. The molecule has 0 aliphatic rings. The zero-order chi connectivity index (χ0) is 14.5. The first-order chi connectivity index (χ1) is 9.65. The molecule has 0 bridgehead atoms. The fourth-order valence-corrected chi connectivity index (χ4v) is 1.82. The van der Waals surface area contributed by atoms with Crippen molar-refractivity contribution in [2.45, 2.75) is 13.8 Å². The van der Waals surface area contributed by atoms with Crippen LogP contribution in [0.3, 0.4) is 0 Å². The van der Waals surface area contributed by atoms with Gasteiger partial charge in [0.25, 0.3) is 0 Å². The molecule has 0 radical (unpaired) electrons.